The van der Waals surface area contributed by atoms with E-state index in [2.05, 4.69) is 31.0 Å². The van der Waals surface area contributed by atoms with Crippen LogP contribution in [0, 0.1) is 5.92 Å². The fourth-order valence-corrected chi connectivity index (χ4v) is 5.85. The van der Waals surface area contributed by atoms with Crippen LogP contribution in [0.25, 0.3) is 10.2 Å². The van der Waals surface area contributed by atoms with Crippen molar-refractivity contribution in [3.8, 4) is 5.75 Å². The Balaban J connectivity index is 1.34. The second kappa shape index (κ2) is 8.70. The number of thioether (sulfide) groups is 1. The number of ether oxygens (including phenoxy) is 1. The molecule has 0 radical (unpaired) electrons. The zero-order valence-electron chi connectivity index (χ0n) is 16.4. The van der Waals surface area contributed by atoms with E-state index in [0.29, 0.717) is 12.5 Å². The Labute approximate surface area is 173 Å². The molecule has 0 bridgehead atoms. The van der Waals surface area contributed by atoms with Crippen LogP contribution in [-0.2, 0) is 19.3 Å². The van der Waals surface area contributed by atoms with E-state index in [0.717, 1.165) is 59.0 Å². The van der Waals surface area contributed by atoms with Gasteiger partial charge in [0.15, 0.2) is 5.16 Å². The van der Waals surface area contributed by atoms with Gasteiger partial charge in [-0.05, 0) is 61.3 Å². The van der Waals surface area contributed by atoms with Gasteiger partial charge < -0.3 is 9.72 Å². The number of hydrogen-bond acceptors (Lipinski definition) is 5. The van der Waals surface area contributed by atoms with Crippen molar-refractivity contribution in [3.05, 3.63) is 50.6 Å². The van der Waals surface area contributed by atoms with Crippen molar-refractivity contribution < 1.29 is 4.74 Å². The van der Waals surface area contributed by atoms with Crippen LogP contribution in [-0.4, -0.2) is 22.3 Å². The summed E-state index contributed by atoms with van der Waals surface area (Å²) in [6, 6.07) is 8.27. The lowest BCUT2D eigenvalue weighted by atomic mass is 9.89. The first kappa shape index (κ1) is 19.5. The number of aryl methyl sites for hydroxylation is 2. The maximum absolute atomic E-state index is 12.6. The van der Waals surface area contributed by atoms with Gasteiger partial charge in [-0.1, -0.05) is 37.7 Å². The number of H-pyrrole nitrogens is 1. The Morgan fingerprint density at radius 2 is 2.14 bits per heavy atom. The van der Waals surface area contributed by atoms with Gasteiger partial charge in [-0.15, -0.1) is 11.3 Å². The van der Waals surface area contributed by atoms with Crippen LogP contribution in [0.2, 0.25) is 0 Å². The van der Waals surface area contributed by atoms with Gasteiger partial charge in [-0.3, -0.25) is 4.79 Å². The van der Waals surface area contributed by atoms with Gasteiger partial charge in [0.25, 0.3) is 5.56 Å². The van der Waals surface area contributed by atoms with E-state index < -0.39 is 0 Å². The third-order valence-electron chi connectivity index (χ3n) is 5.27. The van der Waals surface area contributed by atoms with Crippen molar-refractivity contribution in [1.82, 2.24) is 9.97 Å². The number of nitrogens with one attached hydrogen (secondary N) is 1. The molecule has 1 N–H and O–H groups in total. The van der Waals surface area contributed by atoms with Crippen LogP contribution < -0.4 is 10.3 Å². The number of hydrogen-bond donors (Lipinski definition) is 1. The van der Waals surface area contributed by atoms with Gasteiger partial charge in [0, 0.05) is 10.6 Å². The zero-order chi connectivity index (χ0) is 19.5. The molecule has 1 unspecified atom stereocenters. The van der Waals surface area contributed by atoms with Crippen molar-refractivity contribution in [3.63, 3.8) is 0 Å². The fourth-order valence-electron chi connectivity index (χ4n) is 3.64. The molecule has 0 amide bonds. The molecular weight excluding hydrogens is 388 g/mol. The van der Waals surface area contributed by atoms with Crippen molar-refractivity contribution in [1.29, 1.82) is 0 Å². The topological polar surface area (TPSA) is 55.0 Å². The highest BCUT2D eigenvalue weighted by Crippen LogP contribution is 2.36. The highest BCUT2D eigenvalue weighted by atomic mass is 32.2. The molecule has 1 atom stereocenters. The van der Waals surface area contributed by atoms with Crippen LogP contribution >= 0.6 is 23.1 Å². The molecule has 6 heteroatoms. The number of rotatable bonds is 7. The number of nitrogens with zero attached hydrogens (tertiary/aromatic N) is 1. The number of benzene rings is 1. The summed E-state index contributed by atoms with van der Waals surface area (Å²) in [6.07, 6.45) is 5.19. The second-order valence-corrected chi connectivity index (χ2v) is 9.62. The predicted octanol–water partition coefficient (Wildman–Crippen LogP) is 5.23. The maximum atomic E-state index is 12.6. The smallest absolute Gasteiger partial charge is 0.260 e. The highest BCUT2D eigenvalue weighted by molar-refractivity contribution is 7.99. The Morgan fingerprint density at radius 3 is 2.93 bits per heavy atom. The molecule has 1 aliphatic carbocycles. The molecule has 1 aromatic carbocycles. The Bertz CT molecular complexity index is 1010. The van der Waals surface area contributed by atoms with Gasteiger partial charge in [0.1, 0.15) is 10.6 Å². The first-order chi connectivity index (χ1) is 13.6. The van der Waals surface area contributed by atoms with Gasteiger partial charge in [0.05, 0.1) is 12.0 Å². The third kappa shape index (κ3) is 4.28. The van der Waals surface area contributed by atoms with E-state index in [1.165, 1.54) is 16.0 Å². The van der Waals surface area contributed by atoms with E-state index in [9.17, 15) is 4.79 Å². The minimum Gasteiger partial charge on any atom is -0.494 e. The van der Waals surface area contributed by atoms with Crippen LogP contribution in [0.1, 0.15) is 42.7 Å². The molecule has 4 rings (SSSR count). The summed E-state index contributed by atoms with van der Waals surface area (Å²) in [4.78, 5) is 22.6. The molecule has 2 aromatic heterocycles. The number of aromatic nitrogens is 2. The average Bonchev–Trinajstić information content (AvgIpc) is 3.06. The third-order valence-corrected chi connectivity index (χ3v) is 7.38. The lowest BCUT2D eigenvalue weighted by Crippen LogP contribution is -2.13. The molecule has 1 aliphatic rings. The summed E-state index contributed by atoms with van der Waals surface area (Å²) >= 11 is 3.30. The molecule has 0 saturated carbocycles. The number of aromatic amines is 1. The summed E-state index contributed by atoms with van der Waals surface area (Å²) in [7, 11) is 0. The standard InChI is InChI=1S/C22H26N2O2S2/c1-3-15-6-8-16(9-7-15)26-11-4-12-27-22-23-20(25)19-17-10-5-14(2)13-18(17)28-21(19)24-22/h6-9,14H,3-5,10-13H2,1-2H3,(H,23,24,25). The Kier molecular flexibility index (Phi) is 6.07. The van der Waals surface area contributed by atoms with Gasteiger partial charge in [0.2, 0.25) is 0 Å². The molecule has 148 valence electrons. The lowest BCUT2D eigenvalue weighted by Gasteiger charge is -2.17. The van der Waals surface area contributed by atoms with E-state index in [4.69, 9.17) is 9.72 Å². The molecular formula is C22H26N2O2S2. The molecule has 4 nitrogen and oxygen atoms in total. The Morgan fingerprint density at radius 1 is 1.32 bits per heavy atom. The molecule has 28 heavy (non-hydrogen) atoms. The summed E-state index contributed by atoms with van der Waals surface area (Å²) in [5.74, 6) is 2.48. The predicted molar refractivity (Wildman–Crippen MR) is 118 cm³/mol. The number of thiophene rings is 1. The van der Waals surface area contributed by atoms with E-state index in [-0.39, 0.29) is 5.56 Å². The van der Waals surface area contributed by atoms with E-state index >= 15 is 0 Å². The lowest BCUT2D eigenvalue weighted by molar-refractivity contribution is 0.318. The van der Waals surface area contributed by atoms with Gasteiger partial charge in [-0.2, -0.15) is 0 Å². The fraction of sp³-hybridized carbons (Fsp3) is 0.455. The minimum atomic E-state index is 0.0202. The van der Waals surface area contributed by atoms with Crippen molar-refractivity contribution in [2.75, 3.05) is 12.4 Å². The second-order valence-electron chi connectivity index (χ2n) is 7.45. The van der Waals surface area contributed by atoms with Crippen molar-refractivity contribution >= 4 is 33.3 Å². The van der Waals surface area contributed by atoms with Crippen LogP contribution in [0.4, 0.5) is 0 Å². The summed E-state index contributed by atoms with van der Waals surface area (Å²) in [6.45, 7) is 5.09. The largest absolute Gasteiger partial charge is 0.494 e. The Hall–Kier alpha value is -1.79. The molecule has 0 aliphatic heterocycles. The van der Waals surface area contributed by atoms with Crippen LogP contribution in [0.5, 0.6) is 5.75 Å². The molecule has 0 fully saturated rings. The quantitative estimate of drug-likeness (QED) is 0.327. The summed E-state index contributed by atoms with van der Waals surface area (Å²) in [5.41, 5.74) is 2.58. The molecule has 0 spiro atoms. The minimum absolute atomic E-state index is 0.0202. The first-order valence-electron chi connectivity index (χ1n) is 10.0. The van der Waals surface area contributed by atoms with Crippen LogP contribution in [0.15, 0.2) is 34.2 Å². The van der Waals surface area contributed by atoms with Gasteiger partial charge >= 0.3 is 0 Å². The maximum Gasteiger partial charge on any atom is 0.260 e. The highest BCUT2D eigenvalue weighted by Gasteiger charge is 2.23. The number of fused-ring (bicyclic) bond motifs is 3. The van der Waals surface area contributed by atoms with Crippen LogP contribution in [0.3, 0.4) is 0 Å². The SMILES string of the molecule is CCc1ccc(OCCCSc2nc3sc4c(c3c(=O)[nH]2)CCC(C)C4)cc1. The van der Waals surface area contributed by atoms with Crippen molar-refractivity contribution in [2.45, 2.75) is 51.1 Å². The summed E-state index contributed by atoms with van der Waals surface area (Å²) in [5, 5.41) is 1.55. The monoisotopic (exact) mass is 414 g/mol. The average molecular weight is 415 g/mol. The molecule has 0 saturated heterocycles. The molecule has 2 heterocycles. The molecule has 3 aromatic rings. The summed E-state index contributed by atoms with van der Waals surface area (Å²) < 4.78 is 5.80. The normalized spacial score (nSPS) is 16.3. The zero-order valence-corrected chi connectivity index (χ0v) is 18.0. The van der Waals surface area contributed by atoms with E-state index in [1.54, 1.807) is 23.1 Å². The first-order valence-corrected chi connectivity index (χ1v) is 11.8. The van der Waals surface area contributed by atoms with Crippen molar-refractivity contribution in [2.24, 2.45) is 5.92 Å². The van der Waals surface area contributed by atoms with Gasteiger partial charge in [-0.25, -0.2) is 4.98 Å². The van der Waals surface area contributed by atoms with E-state index in [1.807, 2.05) is 12.1 Å².